The lowest BCUT2D eigenvalue weighted by atomic mass is 10.3. The zero-order chi connectivity index (χ0) is 10.7. The Morgan fingerprint density at radius 2 is 2.27 bits per heavy atom. The number of rotatable bonds is 3. The maximum atomic E-state index is 5.56. The van der Waals surface area contributed by atoms with Gasteiger partial charge in [-0.3, -0.25) is 0 Å². The first-order valence-electron chi connectivity index (χ1n) is 4.28. The smallest absolute Gasteiger partial charge is 0.283 e. The van der Waals surface area contributed by atoms with Crippen LogP contribution in [0.3, 0.4) is 0 Å². The summed E-state index contributed by atoms with van der Waals surface area (Å²) < 4.78 is 5.22. The van der Waals surface area contributed by atoms with Gasteiger partial charge >= 0.3 is 0 Å². The molecular formula is C8H9N5OS. The molecule has 15 heavy (non-hydrogen) atoms. The third-order valence-corrected chi connectivity index (χ3v) is 2.55. The number of nitrogens with zero attached hydrogens (tertiary/aromatic N) is 4. The van der Waals surface area contributed by atoms with Gasteiger partial charge in [-0.1, -0.05) is 0 Å². The molecule has 78 valence electrons. The lowest BCUT2D eigenvalue weighted by Crippen LogP contribution is -2.00. The fourth-order valence-electron chi connectivity index (χ4n) is 0.988. The monoisotopic (exact) mass is 223 g/mol. The second-order valence-corrected chi connectivity index (χ2v) is 3.69. The van der Waals surface area contributed by atoms with Gasteiger partial charge in [0.25, 0.3) is 5.22 Å². The quantitative estimate of drug-likeness (QED) is 0.821. The molecule has 7 heteroatoms. The summed E-state index contributed by atoms with van der Waals surface area (Å²) in [5.74, 6) is 0.524. The van der Waals surface area contributed by atoms with Crippen LogP contribution >= 0.6 is 11.8 Å². The summed E-state index contributed by atoms with van der Waals surface area (Å²) in [4.78, 5) is 0. The summed E-state index contributed by atoms with van der Waals surface area (Å²) in [5.41, 5.74) is 6.47. The fraction of sp³-hybridized carbons (Fsp3) is 0.250. The molecule has 0 aromatic carbocycles. The van der Waals surface area contributed by atoms with Crippen LogP contribution in [0.25, 0.3) is 0 Å². The molecule has 0 amide bonds. The third kappa shape index (κ3) is 2.31. The zero-order valence-electron chi connectivity index (χ0n) is 8.04. The van der Waals surface area contributed by atoms with Crippen LogP contribution < -0.4 is 5.73 Å². The number of aromatic nitrogens is 4. The average molecular weight is 223 g/mol. The predicted octanol–water partition coefficient (Wildman–Crippen LogP) is 0.778. The molecule has 2 aromatic heterocycles. The number of hydrogen-bond donors (Lipinski definition) is 1. The largest absolute Gasteiger partial charge is 0.416 e. The van der Waals surface area contributed by atoms with Crippen LogP contribution in [-0.2, 0) is 6.54 Å². The normalized spacial score (nSPS) is 10.5. The van der Waals surface area contributed by atoms with Gasteiger partial charge in [-0.05, 0) is 17.8 Å². The first-order valence-corrected chi connectivity index (χ1v) is 5.10. The van der Waals surface area contributed by atoms with Gasteiger partial charge in [0.15, 0.2) is 0 Å². The Morgan fingerprint density at radius 1 is 1.40 bits per heavy atom. The van der Waals surface area contributed by atoms with E-state index >= 15 is 0 Å². The van der Waals surface area contributed by atoms with Crippen molar-refractivity contribution in [3.8, 4) is 0 Å². The van der Waals surface area contributed by atoms with Gasteiger partial charge in [0.1, 0.15) is 5.03 Å². The highest BCUT2D eigenvalue weighted by molar-refractivity contribution is 7.99. The summed E-state index contributed by atoms with van der Waals surface area (Å²) in [6, 6.07) is 1.82. The van der Waals surface area contributed by atoms with E-state index in [-0.39, 0.29) is 0 Å². The first-order chi connectivity index (χ1) is 7.29. The van der Waals surface area contributed by atoms with E-state index in [1.165, 1.54) is 11.8 Å². The van der Waals surface area contributed by atoms with E-state index in [4.69, 9.17) is 10.2 Å². The van der Waals surface area contributed by atoms with E-state index < -0.39 is 0 Å². The van der Waals surface area contributed by atoms with Crippen LogP contribution in [-0.4, -0.2) is 20.4 Å². The van der Waals surface area contributed by atoms with Crippen LogP contribution in [0, 0.1) is 6.92 Å². The highest BCUT2D eigenvalue weighted by atomic mass is 32.2. The Hall–Kier alpha value is -1.47. The molecule has 0 radical (unpaired) electrons. The van der Waals surface area contributed by atoms with E-state index in [1.54, 1.807) is 13.1 Å². The molecule has 0 aliphatic heterocycles. The fourth-order valence-corrected chi connectivity index (χ4v) is 1.77. The van der Waals surface area contributed by atoms with Gasteiger partial charge in [-0.15, -0.1) is 15.3 Å². The van der Waals surface area contributed by atoms with Crippen LogP contribution in [0.4, 0.5) is 0 Å². The summed E-state index contributed by atoms with van der Waals surface area (Å²) >= 11 is 1.27. The minimum Gasteiger partial charge on any atom is -0.416 e. The molecule has 0 fully saturated rings. The van der Waals surface area contributed by atoms with Crippen molar-refractivity contribution in [2.24, 2.45) is 5.73 Å². The van der Waals surface area contributed by atoms with Gasteiger partial charge in [0.05, 0.1) is 0 Å². The van der Waals surface area contributed by atoms with Gasteiger partial charge in [0.2, 0.25) is 5.89 Å². The minimum atomic E-state index is 0.408. The Labute approximate surface area is 90.3 Å². The number of aryl methyl sites for hydroxylation is 1. The topological polar surface area (TPSA) is 90.7 Å². The zero-order valence-corrected chi connectivity index (χ0v) is 8.86. The second-order valence-electron chi connectivity index (χ2n) is 2.75. The van der Waals surface area contributed by atoms with E-state index in [0.717, 1.165) is 5.56 Å². The van der Waals surface area contributed by atoms with E-state index in [0.29, 0.717) is 22.7 Å². The maximum absolute atomic E-state index is 5.56. The first kappa shape index (κ1) is 10.1. The molecule has 0 saturated carbocycles. The summed E-state index contributed by atoms with van der Waals surface area (Å²) in [7, 11) is 0. The second kappa shape index (κ2) is 4.37. The van der Waals surface area contributed by atoms with Gasteiger partial charge in [0, 0.05) is 25.2 Å². The molecule has 0 atom stereocenters. The van der Waals surface area contributed by atoms with Gasteiger partial charge in [-0.2, -0.15) is 5.10 Å². The molecular weight excluding hydrogens is 214 g/mol. The molecule has 2 N–H and O–H groups in total. The Balaban J connectivity index is 2.23. The predicted molar refractivity (Wildman–Crippen MR) is 53.1 cm³/mol. The molecule has 2 rings (SSSR count). The SMILES string of the molecule is Cc1nnc(Sc2nnccc2CN)o1. The maximum Gasteiger partial charge on any atom is 0.283 e. The number of nitrogens with two attached hydrogens (primary N) is 1. The van der Waals surface area contributed by atoms with Crippen molar-refractivity contribution in [2.75, 3.05) is 0 Å². The van der Waals surface area contributed by atoms with Crippen LogP contribution in [0.5, 0.6) is 0 Å². The molecule has 0 unspecified atom stereocenters. The lowest BCUT2D eigenvalue weighted by Gasteiger charge is -2.00. The van der Waals surface area contributed by atoms with Crippen molar-refractivity contribution < 1.29 is 4.42 Å². The van der Waals surface area contributed by atoms with Crippen molar-refractivity contribution >= 4 is 11.8 Å². The van der Waals surface area contributed by atoms with E-state index in [2.05, 4.69) is 20.4 Å². The van der Waals surface area contributed by atoms with Crippen molar-refractivity contribution in [3.63, 3.8) is 0 Å². The average Bonchev–Trinajstić information content (AvgIpc) is 2.65. The van der Waals surface area contributed by atoms with Crippen LogP contribution in [0.1, 0.15) is 11.5 Å². The summed E-state index contributed by atoms with van der Waals surface area (Å²) in [6.07, 6.45) is 1.60. The Morgan fingerprint density at radius 3 is 2.93 bits per heavy atom. The van der Waals surface area contributed by atoms with Crippen LogP contribution in [0.15, 0.2) is 26.9 Å². The van der Waals surface area contributed by atoms with Crippen molar-refractivity contribution in [2.45, 2.75) is 23.7 Å². The summed E-state index contributed by atoms with van der Waals surface area (Å²) in [6.45, 7) is 2.14. The lowest BCUT2D eigenvalue weighted by molar-refractivity contribution is 0.429. The van der Waals surface area contributed by atoms with Gasteiger partial charge in [-0.25, -0.2) is 0 Å². The molecule has 0 aliphatic rings. The van der Waals surface area contributed by atoms with E-state index in [1.807, 2.05) is 6.07 Å². The third-order valence-electron chi connectivity index (χ3n) is 1.68. The van der Waals surface area contributed by atoms with Crippen molar-refractivity contribution in [3.05, 3.63) is 23.7 Å². The standard InChI is InChI=1S/C8H9N5OS/c1-5-11-13-8(14-5)15-7-6(4-9)2-3-10-12-7/h2-3H,4,9H2,1H3. The molecule has 0 aliphatic carbocycles. The molecule has 0 bridgehead atoms. The van der Waals surface area contributed by atoms with E-state index in [9.17, 15) is 0 Å². The molecule has 2 heterocycles. The Bertz CT molecular complexity index is 458. The Kier molecular flexibility index (Phi) is 2.93. The molecule has 0 saturated heterocycles. The van der Waals surface area contributed by atoms with Crippen molar-refractivity contribution in [1.82, 2.24) is 20.4 Å². The molecule has 0 spiro atoms. The van der Waals surface area contributed by atoms with Gasteiger partial charge < -0.3 is 10.2 Å². The molecule has 6 nitrogen and oxygen atoms in total. The number of hydrogen-bond acceptors (Lipinski definition) is 7. The minimum absolute atomic E-state index is 0.408. The highest BCUT2D eigenvalue weighted by Gasteiger charge is 2.09. The van der Waals surface area contributed by atoms with Crippen molar-refractivity contribution in [1.29, 1.82) is 0 Å². The van der Waals surface area contributed by atoms with Crippen LogP contribution in [0.2, 0.25) is 0 Å². The highest BCUT2D eigenvalue weighted by Crippen LogP contribution is 2.26. The summed E-state index contributed by atoms with van der Waals surface area (Å²) in [5, 5.41) is 16.5. The molecule has 2 aromatic rings.